The summed E-state index contributed by atoms with van der Waals surface area (Å²) in [5.74, 6) is -0.659. The lowest BCUT2D eigenvalue weighted by Gasteiger charge is -2.08. The van der Waals surface area contributed by atoms with Crippen molar-refractivity contribution in [3.8, 4) is 0 Å². The van der Waals surface area contributed by atoms with Crippen molar-refractivity contribution in [2.75, 3.05) is 132 Å². The molecule has 0 fully saturated rings. The number of ether oxygens (including phenoxy) is 9. The van der Waals surface area contributed by atoms with Crippen molar-refractivity contribution < 1.29 is 62.7 Å². The Morgan fingerprint density at radius 1 is 0.378 bits per heavy atom. The number of carbonyl (C=O) groups is 1. The van der Waals surface area contributed by atoms with E-state index in [-0.39, 0.29) is 13.2 Å². The summed E-state index contributed by atoms with van der Waals surface area (Å²) >= 11 is 0. The van der Waals surface area contributed by atoms with Crippen LogP contribution in [0.15, 0.2) is 0 Å². The van der Waals surface area contributed by atoms with Crippen LogP contribution in [0.25, 0.3) is 0 Å². The van der Waals surface area contributed by atoms with Gasteiger partial charge in [-0.15, -0.1) is 0 Å². The molecule has 13 heteroatoms. The first-order chi connectivity index (χ1) is 22.2. The van der Waals surface area contributed by atoms with Gasteiger partial charge in [0.2, 0.25) is 0 Å². The normalized spacial score (nSPS) is 11.1. The average molecular weight is 659 g/mol. The highest BCUT2D eigenvalue weighted by Crippen LogP contribution is 2.10. The molecule has 0 radical (unpaired) electrons. The maximum absolute atomic E-state index is 10.2. The van der Waals surface area contributed by atoms with E-state index in [1.165, 1.54) is 44.9 Å². The Morgan fingerprint density at radius 2 is 0.600 bits per heavy atom. The minimum Gasteiger partial charge on any atom is -0.481 e. The molecule has 0 aliphatic carbocycles. The molecule has 272 valence electrons. The van der Waals surface area contributed by atoms with Crippen molar-refractivity contribution >= 4 is 5.97 Å². The number of carboxylic acid groups (broad SMARTS) is 1. The molecule has 0 amide bonds. The van der Waals surface area contributed by atoms with E-state index in [0.29, 0.717) is 125 Å². The highest BCUT2D eigenvalue weighted by molar-refractivity contribution is 5.66. The van der Waals surface area contributed by atoms with E-state index in [9.17, 15) is 4.79 Å². The summed E-state index contributed by atoms with van der Waals surface area (Å²) in [5.41, 5.74) is 0. The van der Waals surface area contributed by atoms with E-state index in [0.717, 1.165) is 12.8 Å². The van der Waals surface area contributed by atoms with Crippen LogP contribution in [-0.4, -0.2) is 153 Å². The van der Waals surface area contributed by atoms with Gasteiger partial charge in [-0.3, -0.25) is 4.79 Å². The Kier molecular flexibility index (Phi) is 46.3. The fraction of sp³-hybridized carbons (Fsp3) is 0.969. The zero-order valence-corrected chi connectivity index (χ0v) is 28.1. The molecule has 0 rings (SSSR count). The number of carboxylic acids is 1. The maximum atomic E-state index is 10.2. The lowest BCUT2D eigenvalue weighted by molar-refractivity contribution is -0.137. The van der Waals surface area contributed by atoms with E-state index in [1.54, 1.807) is 0 Å². The number of hydrogen-bond acceptors (Lipinski definition) is 12. The molecule has 0 aromatic heterocycles. The largest absolute Gasteiger partial charge is 0.481 e. The summed E-state index contributed by atoms with van der Waals surface area (Å²) in [5, 5.41) is 25.5. The van der Waals surface area contributed by atoms with Crippen LogP contribution in [0.1, 0.15) is 71.1 Å². The first-order valence-corrected chi connectivity index (χ1v) is 16.8. The van der Waals surface area contributed by atoms with Gasteiger partial charge in [0.15, 0.2) is 0 Å². The van der Waals surface area contributed by atoms with E-state index in [2.05, 4.69) is 6.92 Å². The topological polar surface area (TPSA) is 161 Å². The Morgan fingerprint density at radius 3 is 0.822 bits per heavy atom. The highest BCUT2D eigenvalue weighted by atomic mass is 16.6. The van der Waals surface area contributed by atoms with Crippen molar-refractivity contribution in [1.82, 2.24) is 0 Å². The number of aliphatic hydroxyl groups excluding tert-OH is 2. The van der Waals surface area contributed by atoms with Crippen LogP contribution < -0.4 is 0 Å². The molecule has 0 heterocycles. The molecule has 0 atom stereocenters. The molecule has 0 saturated carbocycles. The van der Waals surface area contributed by atoms with Gasteiger partial charge >= 0.3 is 5.97 Å². The Balaban J connectivity index is 0. The first-order valence-electron chi connectivity index (χ1n) is 16.8. The van der Waals surface area contributed by atoms with Crippen molar-refractivity contribution in [3.05, 3.63) is 0 Å². The number of hydrogen-bond donors (Lipinski definition) is 3. The molecular formula is C32H66O13. The first kappa shape index (κ1) is 46.2. The highest BCUT2D eigenvalue weighted by Gasteiger charge is 1.97. The zero-order valence-electron chi connectivity index (χ0n) is 28.1. The predicted molar refractivity (Wildman–Crippen MR) is 171 cm³/mol. The molecule has 3 N–H and O–H groups in total. The van der Waals surface area contributed by atoms with Gasteiger partial charge in [-0.2, -0.15) is 0 Å². The molecule has 0 spiro atoms. The second kappa shape index (κ2) is 45.2. The quantitative estimate of drug-likeness (QED) is 0.0831. The van der Waals surface area contributed by atoms with Gasteiger partial charge in [-0.05, 0) is 6.42 Å². The van der Waals surface area contributed by atoms with E-state index in [1.807, 2.05) is 0 Å². The van der Waals surface area contributed by atoms with Crippen LogP contribution in [0.5, 0.6) is 0 Å². The van der Waals surface area contributed by atoms with Crippen LogP contribution in [0.3, 0.4) is 0 Å². The van der Waals surface area contributed by atoms with Crippen molar-refractivity contribution in [2.45, 2.75) is 71.1 Å². The third-order valence-electron chi connectivity index (χ3n) is 5.94. The molecule has 0 saturated heterocycles. The zero-order chi connectivity index (χ0) is 33.2. The molecule has 0 aromatic carbocycles. The van der Waals surface area contributed by atoms with Crippen LogP contribution in [0.2, 0.25) is 0 Å². The Bertz CT molecular complexity index is 501. The van der Waals surface area contributed by atoms with Crippen LogP contribution >= 0.6 is 0 Å². The van der Waals surface area contributed by atoms with E-state index in [4.69, 9.17) is 58.0 Å². The molecule has 0 bridgehead atoms. The maximum Gasteiger partial charge on any atom is 0.303 e. The van der Waals surface area contributed by atoms with Gasteiger partial charge in [0, 0.05) is 6.42 Å². The van der Waals surface area contributed by atoms with Gasteiger partial charge in [-0.25, -0.2) is 0 Å². The predicted octanol–water partition coefficient (Wildman–Crippen LogP) is 3.11. The summed E-state index contributed by atoms with van der Waals surface area (Å²) in [6, 6.07) is 0. The van der Waals surface area contributed by atoms with Crippen molar-refractivity contribution in [3.63, 3.8) is 0 Å². The Labute approximate surface area is 272 Å². The molecule has 0 aromatic rings. The number of aliphatic hydroxyl groups is 2. The van der Waals surface area contributed by atoms with Gasteiger partial charge in [-0.1, -0.05) is 58.3 Å². The number of unbranched alkanes of at least 4 members (excludes halogenated alkanes) is 8. The number of aliphatic carboxylic acids is 1. The monoisotopic (exact) mass is 658 g/mol. The fourth-order valence-corrected chi connectivity index (χ4v) is 3.58. The third kappa shape index (κ3) is 50.1. The van der Waals surface area contributed by atoms with Gasteiger partial charge in [0.05, 0.1) is 132 Å². The minimum absolute atomic E-state index is 0.0278. The third-order valence-corrected chi connectivity index (χ3v) is 5.94. The van der Waals surface area contributed by atoms with Crippen LogP contribution in [0.4, 0.5) is 0 Å². The summed E-state index contributed by atoms with van der Waals surface area (Å²) in [4.78, 5) is 10.2. The lowest BCUT2D eigenvalue weighted by Crippen LogP contribution is -2.15. The Hall–Kier alpha value is -0.970. The number of rotatable bonds is 38. The molecule has 13 nitrogen and oxygen atoms in total. The van der Waals surface area contributed by atoms with Crippen LogP contribution in [-0.2, 0) is 47.4 Å². The average Bonchev–Trinajstić information content (AvgIpc) is 3.04. The summed E-state index contributed by atoms with van der Waals surface area (Å²) in [6.07, 6.45) is 11.5. The van der Waals surface area contributed by atoms with E-state index < -0.39 is 5.97 Å². The summed E-state index contributed by atoms with van der Waals surface area (Å²) in [7, 11) is 0. The van der Waals surface area contributed by atoms with Crippen molar-refractivity contribution in [2.24, 2.45) is 0 Å². The van der Waals surface area contributed by atoms with Gasteiger partial charge in [0.25, 0.3) is 0 Å². The standard InChI is InChI=1S/C20H42O11.C12H24O2/c21-1-3-23-5-7-25-9-11-27-13-15-29-17-19-31-20-18-30-16-14-28-12-10-26-8-6-24-4-2-22;1-2-3-4-5-6-7-8-9-10-11-12(13)14/h21-22H,1-20H2;2-11H2,1H3,(H,13,14). The fourth-order valence-electron chi connectivity index (χ4n) is 3.58. The molecule has 0 aliphatic rings. The SMILES string of the molecule is CCCCCCCCCCCC(=O)O.OCCOCCOCCOCCOCCOCCOCCOCCOCCOCCO. The molecule has 0 aliphatic heterocycles. The van der Waals surface area contributed by atoms with Gasteiger partial charge in [0.1, 0.15) is 0 Å². The molecular weight excluding hydrogens is 592 g/mol. The summed E-state index contributed by atoms with van der Waals surface area (Å²) < 4.78 is 47.7. The molecule has 45 heavy (non-hydrogen) atoms. The smallest absolute Gasteiger partial charge is 0.303 e. The second-order valence-corrected chi connectivity index (χ2v) is 9.93. The molecule has 0 unspecified atom stereocenters. The lowest BCUT2D eigenvalue weighted by atomic mass is 10.1. The van der Waals surface area contributed by atoms with E-state index >= 15 is 0 Å². The second-order valence-electron chi connectivity index (χ2n) is 9.93. The van der Waals surface area contributed by atoms with Crippen LogP contribution in [0, 0.1) is 0 Å². The summed E-state index contributed by atoms with van der Waals surface area (Å²) in [6.45, 7) is 11.0. The van der Waals surface area contributed by atoms with Crippen molar-refractivity contribution in [1.29, 1.82) is 0 Å². The van der Waals surface area contributed by atoms with Gasteiger partial charge < -0.3 is 58.0 Å². The minimum atomic E-state index is -0.659.